The Kier molecular flexibility index (Phi) is 21.6. The molecule has 2 amide bonds. The number of amides is 2. The van der Waals surface area contributed by atoms with E-state index < -0.39 is 12.2 Å². The number of carbonyl (C=O) groups is 2. The first-order valence-electron chi connectivity index (χ1n) is 11.0. The average Bonchev–Trinajstić information content (AvgIpc) is 2.74. The van der Waals surface area contributed by atoms with Crippen LogP contribution < -0.4 is 16.4 Å². The molecule has 0 aliphatic heterocycles. The van der Waals surface area contributed by atoms with Crippen molar-refractivity contribution >= 4 is 48.6 Å². The Morgan fingerprint density at radius 3 is 1.82 bits per heavy atom. The molecule has 0 saturated heterocycles. The Balaban J connectivity index is 0. The van der Waals surface area contributed by atoms with Gasteiger partial charge in [-0.1, -0.05) is 50.4 Å². The van der Waals surface area contributed by atoms with Crippen molar-refractivity contribution < 1.29 is 19.1 Å². The van der Waals surface area contributed by atoms with Crippen molar-refractivity contribution in [3.8, 4) is 0 Å². The number of hydrogen-bond acceptors (Lipinski definition) is 6. The van der Waals surface area contributed by atoms with Gasteiger partial charge in [-0.2, -0.15) is 0 Å². The second kappa shape index (κ2) is 21.1. The quantitative estimate of drug-likeness (QED) is 0.288. The maximum atomic E-state index is 11.7. The van der Waals surface area contributed by atoms with E-state index in [1.165, 1.54) is 0 Å². The first-order chi connectivity index (χ1) is 15.0. The van der Waals surface area contributed by atoms with Crippen molar-refractivity contribution in [2.45, 2.75) is 45.6 Å². The zero-order valence-electron chi connectivity index (χ0n) is 19.5. The molecule has 0 heterocycles. The average molecular weight is 530 g/mol. The molecule has 1 aromatic rings. The summed E-state index contributed by atoms with van der Waals surface area (Å²) < 4.78 is 10.5. The predicted octanol–water partition coefficient (Wildman–Crippen LogP) is 4.54. The summed E-state index contributed by atoms with van der Waals surface area (Å²) in [5.74, 6) is 0. The third kappa shape index (κ3) is 16.8. The van der Waals surface area contributed by atoms with Crippen LogP contribution in [0.3, 0.4) is 0 Å². The number of hydrogen-bond donors (Lipinski definition) is 3. The highest BCUT2D eigenvalue weighted by Gasteiger charge is 2.14. The smallest absolute Gasteiger partial charge is 0.407 e. The summed E-state index contributed by atoms with van der Waals surface area (Å²) >= 11 is 5.95. The third-order valence-corrected chi connectivity index (χ3v) is 4.89. The van der Waals surface area contributed by atoms with Crippen LogP contribution in [0.4, 0.5) is 9.59 Å². The highest BCUT2D eigenvalue weighted by molar-refractivity contribution is 6.30. The van der Waals surface area contributed by atoms with Crippen LogP contribution in [0.1, 0.15) is 51.1 Å². The van der Waals surface area contributed by atoms with Crippen molar-refractivity contribution in [1.29, 1.82) is 0 Å². The van der Waals surface area contributed by atoms with Gasteiger partial charge in [0, 0.05) is 43.8 Å². The highest BCUT2D eigenvalue weighted by Crippen LogP contribution is 2.15. The van der Waals surface area contributed by atoms with Gasteiger partial charge < -0.3 is 25.8 Å². The van der Waals surface area contributed by atoms with Crippen LogP contribution in [0, 0.1) is 0 Å². The normalized spacial score (nSPS) is 11.1. The minimum absolute atomic E-state index is 0. The van der Waals surface area contributed by atoms with E-state index in [0.717, 1.165) is 31.2 Å². The molecule has 0 aliphatic rings. The molecular weight excluding hydrogens is 491 g/mol. The summed E-state index contributed by atoms with van der Waals surface area (Å²) in [6.45, 7) is 7.21. The van der Waals surface area contributed by atoms with Crippen LogP contribution in [-0.2, 0) is 9.47 Å². The summed E-state index contributed by atoms with van der Waals surface area (Å²) in [5.41, 5.74) is 7.30. The number of nitrogens with zero attached hydrogens (tertiary/aromatic N) is 1. The van der Waals surface area contributed by atoms with Gasteiger partial charge in [-0.25, -0.2) is 9.59 Å². The van der Waals surface area contributed by atoms with E-state index in [1.54, 1.807) is 12.1 Å². The van der Waals surface area contributed by atoms with E-state index in [0.29, 0.717) is 37.7 Å². The van der Waals surface area contributed by atoms with Crippen LogP contribution in [0.15, 0.2) is 24.3 Å². The zero-order valence-corrected chi connectivity index (χ0v) is 21.9. The molecule has 192 valence electrons. The van der Waals surface area contributed by atoms with Crippen LogP contribution in [0.5, 0.6) is 0 Å². The summed E-state index contributed by atoms with van der Waals surface area (Å²) in [5, 5.41) is 6.09. The molecular formula is C22H39Cl3N4O4. The van der Waals surface area contributed by atoms with Crippen LogP contribution in [-0.4, -0.2) is 63.0 Å². The molecule has 33 heavy (non-hydrogen) atoms. The number of nitrogens with one attached hydrogen (secondary N) is 2. The molecule has 0 aliphatic carbocycles. The second-order valence-electron chi connectivity index (χ2n) is 7.29. The largest absolute Gasteiger partial charge is 0.448 e. The lowest BCUT2D eigenvalue weighted by Gasteiger charge is -2.25. The van der Waals surface area contributed by atoms with Gasteiger partial charge >= 0.3 is 12.2 Å². The Bertz CT molecular complexity index is 611. The van der Waals surface area contributed by atoms with Gasteiger partial charge in [0.05, 0.1) is 0 Å². The zero-order chi connectivity index (χ0) is 22.9. The number of halogens is 3. The van der Waals surface area contributed by atoms with Crippen molar-refractivity contribution in [2.24, 2.45) is 5.73 Å². The fourth-order valence-electron chi connectivity index (χ4n) is 2.76. The van der Waals surface area contributed by atoms with Gasteiger partial charge in [0.25, 0.3) is 0 Å². The molecule has 11 heteroatoms. The first kappa shape index (κ1) is 33.7. The number of ether oxygens (including phenoxy) is 2. The Hall–Kier alpha value is -1.45. The summed E-state index contributed by atoms with van der Waals surface area (Å²) in [7, 11) is 0. The minimum Gasteiger partial charge on any atom is -0.448 e. The fourth-order valence-corrected chi connectivity index (χ4v) is 2.89. The maximum Gasteiger partial charge on any atom is 0.407 e. The molecule has 1 rings (SSSR count). The molecule has 0 fully saturated rings. The van der Waals surface area contributed by atoms with Gasteiger partial charge in [-0.05, 0) is 30.5 Å². The van der Waals surface area contributed by atoms with Gasteiger partial charge in [-0.15, -0.1) is 24.8 Å². The standard InChI is InChI=1S/C22H37ClN4O4.2ClH/c1-3-5-11-25-21(28)30-15-13-27(14-16-31-22(29)26-12-6-4-2)17-20(24)18-7-9-19(23)10-8-18;;/h7-10,20H,3-6,11-17,24H2,1-2H3,(H,25,28)(H,26,29);2*1H. The molecule has 0 spiro atoms. The summed E-state index contributed by atoms with van der Waals surface area (Å²) in [6.07, 6.45) is 2.97. The molecule has 1 unspecified atom stereocenters. The van der Waals surface area contributed by atoms with Crippen molar-refractivity contribution in [1.82, 2.24) is 15.5 Å². The molecule has 4 N–H and O–H groups in total. The molecule has 0 saturated carbocycles. The van der Waals surface area contributed by atoms with Gasteiger partial charge in [0.15, 0.2) is 0 Å². The first-order valence-corrected chi connectivity index (χ1v) is 11.4. The summed E-state index contributed by atoms with van der Waals surface area (Å²) in [6, 6.07) is 7.12. The Morgan fingerprint density at radius 2 is 1.39 bits per heavy atom. The van der Waals surface area contributed by atoms with Gasteiger partial charge in [0.2, 0.25) is 0 Å². The summed E-state index contributed by atoms with van der Waals surface area (Å²) in [4.78, 5) is 25.5. The SMILES string of the molecule is CCCCNC(=O)OCCN(CCOC(=O)NCCCC)CC(N)c1ccc(Cl)cc1.Cl.Cl. The molecule has 0 aromatic heterocycles. The van der Waals surface area contributed by atoms with E-state index in [4.69, 9.17) is 26.8 Å². The molecule has 1 aromatic carbocycles. The number of rotatable bonds is 15. The van der Waals surface area contributed by atoms with Crippen molar-refractivity contribution in [2.75, 3.05) is 45.9 Å². The van der Waals surface area contributed by atoms with E-state index in [9.17, 15) is 9.59 Å². The van der Waals surface area contributed by atoms with Crippen molar-refractivity contribution in [3.63, 3.8) is 0 Å². The van der Waals surface area contributed by atoms with Gasteiger partial charge in [-0.3, -0.25) is 4.90 Å². The Labute approximate surface area is 215 Å². The predicted molar refractivity (Wildman–Crippen MR) is 138 cm³/mol. The minimum atomic E-state index is -0.429. The van der Waals surface area contributed by atoms with E-state index >= 15 is 0 Å². The number of unbranched alkanes of at least 4 members (excludes halogenated alkanes) is 2. The number of benzene rings is 1. The number of nitrogens with two attached hydrogens (primary N) is 1. The molecule has 8 nitrogen and oxygen atoms in total. The fraction of sp³-hybridized carbons (Fsp3) is 0.636. The second-order valence-corrected chi connectivity index (χ2v) is 7.73. The number of carbonyl (C=O) groups excluding carboxylic acids is 2. The topological polar surface area (TPSA) is 106 Å². The lowest BCUT2D eigenvalue weighted by Crippen LogP contribution is -2.39. The van der Waals surface area contributed by atoms with E-state index in [2.05, 4.69) is 24.5 Å². The van der Waals surface area contributed by atoms with E-state index in [1.807, 2.05) is 17.0 Å². The third-order valence-electron chi connectivity index (χ3n) is 4.63. The lowest BCUT2D eigenvalue weighted by atomic mass is 10.1. The molecule has 1 atom stereocenters. The number of alkyl carbamates (subject to hydrolysis) is 2. The lowest BCUT2D eigenvalue weighted by molar-refractivity contribution is 0.104. The Morgan fingerprint density at radius 1 is 0.939 bits per heavy atom. The highest BCUT2D eigenvalue weighted by atomic mass is 35.5. The monoisotopic (exact) mass is 528 g/mol. The molecule has 0 radical (unpaired) electrons. The van der Waals surface area contributed by atoms with E-state index in [-0.39, 0.29) is 44.1 Å². The van der Waals surface area contributed by atoms with Crippen LogP contribution >= 0.6 is 36.4 Å². The van der Waals surface area contributed by atoms with Crippen LogP contribution in [0.25, 0.3) is 0 Å². The molecule has 0 bridgehead atoms. The van der Waals surface area contributed by atoms with Gasteiger partial charge in [0.1, 0.15) is 13.2 Å². The van der Waals surface area contributed by atoms with Crippen molar-refractivity contribution in [3.05, 3.63) is 34.9 Å². The maximum absolute atomic E-state index is 11.7. The van der Waals surface area contributed by atoms with Crippen LogP contribution in [0.2, 0.25) is 5.02 Å².